The Morgan fingerprint density at radius 2 is 1.58 bits per heavy atom. The van der Waals surface area contributed by atoms with Crippen molar-refractivity contribution in [2.45, 2.75) is 57.8 Å². The van der Waals surface area contributed by atoms with Gasteiger partial charge in [-0.25, -0.2) is 0 Å². The zero-order chi connectivity index (χ0) is 24.8. The first-order valence-electron chi connectivity index (χ1n) is 14.0. The molecule has 36 heavy (non-hydrogen) atoms. The van der Waals surface area contributed by atoms with Gasteiger partial charge in [0.25, 0.3) is 0 Å². The van der Waals surface area contributed by atoms with Crippen molar-refractivity contribution in [3.8, 4) is 0 Å². The predicted molar refractivity (Wildman–Crippen MR) is 149 cm³/mol. The molecule has 2 fully saturated rings. The Hall–Kier alpha value is -2.65. The van der Waals surface area contributed by atoms with Gasteiger partial charge < -0.3 is 10.2 Å². The van der Waals surface area contributed by atoms with Crippen LogP contribution in [0.1, 0.15) is 68.9 Å². The van der Waals surface area contributed by atoms with E-state index in [9.17, 15) is 4.79 Å². The molecule has 1 saturated heterocycles. The molecule has 1 saturated carbocycles. The van der Waals surface area contributed by atoms with Crippen LogP contribution in [-0.4, -0.2) is 37.0 Å². The summed E-state index contributed by atoms with van der Waals surface area (Å²) in [5, 5.41) is 3.23. The van der Waals surface area contributed by atoms with Crippen LogP contribution in [0.25, 0.3) is 0 Å². The van der Waals surface area contributed by atoms with Crippen molar-refractivity contribution in [3.05, 3.63) is 96.1 Å². The number of benzene rings is 2. The van der Waals surface area contributed by atoms with Gasteiger partial charge in [0.1, 0.15) is 0 Å². The summed E-state index contributed by atoms with van der Waals surface area (Å²) in [6.45, 7) is 6.81. The maximum atomic E-state index is 13.2. The molecule has 0 radical (unpaired) electrons. The predicted octanol–water partition coefficient (Wildman–Crippen LogP) is 6.73. The second-order valence-corrected chi connectivity index (χ2v) is 11.5. The zero-order valence-corrected chi connectivity index (χ0v) is 21.9. The normalized spacial score (nSPS) is 25.1. The van der Waals surface area contributed by atoms with Gasteiger partial charge in [0.15, 0.2) is 0 Å². The number of unbranched alkanes of at least 4 members (excludes halogenated alkanes) is 1. The quantitative estimate of drug-likeness (QED) is 0.334. The molecule has 190 valence electrons. The lowest BCUT2D eigenvalue weighted by atomic mass is 9.65. The van der Waals surface area contributed by atoms with Crippen molar-refractivity contribution in [2.75, 3.05) is 26.2 Å². The first kappa shape index (κ1) is 25.0. The Labute approximate surface area is 217 Å². The van der Waals surface area contributed by atoms with Gasteiger partial charge in [0.2, 0.25) is 5.91 Å². The van der Waals surface area contributed by atoms with Crippen molar-refractivity contribution >= 4 is 5.91 Å². The SMILES string of the molecule is CC12C=CCC=CC1C1(CCN(CCCCNC(=O)C(c3ccccc3)c3ccccc3)CC1)CC2. The van der Waals surface area contributed by atoms with E-state index in [-0.39, 0.29) is 11.8 Å². The van der Waals surface area contributed by atoms with Crippen molar-refractivity contribution in [1.29, 1.82) is 0 Å². The monoisotopic (exact) mass is 482 g/mol. The fourth-order valence-corrected chi connectivity index (χ4v) is 7.11. The number of rotatable bonds is 8. The molecular formula is C33H42N2O. The molecule has 3 nitrogen and oxygen atoms in total. The second-order valence-electron chi connectivity index (χ2n) is 11.5. The number of hydrogen-bond donors (Lipinski definition) is 1. The molecule has 1 aliphatic heterocycles. The Morgan fingerprint density at radius 1 is 0.917 bits per heavy atom. The van der Waals surface area contributed by atoms with E-state index in [1.54, 1.807) is 0 Å². The van der Waals surface area contributed by atoms with E-state index in [1.165, 1.54) is 38.8 Å². The lowest BCUT2D eigenvalue weighted by Gasteiger charge is -2.45. The highest BCUT2D eigenvalue weighted by atomic mass is 16.1. The molecule has 2 aliphatic carbocycles. The number of likely N-dealkylation sites (tertiary alicyclic amines) is 1. The number of piperidine rings is 1. The Morgan fingerprint density at radius 3 is 2.25 bits per heavy atom. The Bertz CT molecular complexity index is 1010. The van der Waals surface area contributed by atoms with Crippen molar-refractivity contribution in [2.24, 2.45) is 16.7 Å². The fourth-order valence-electron chi connectivity index (χ4n) is 7.11. The van der Waals surface area contributed by atoms with Crippen LogP contribution in [0, 0.1) is 16.7 Å². The summed E-state index contributed by atoms with van der Waals surface area (Å²) in [5.41, 5.74) is 2.97. The highest BCUT2D eigenvalue weighted by Gasteiger charge is 2.52. The minimum absolute atomic E-state index is 0.0992. The van der Waals surface area contributed by atoms with E-state index < -0.39 is 0 Å². The second kappa shape index (κ2) is 11.2. The molecule has 2 aromatic rings. The summed E-state index contributed by atoms with van der Waals surface area (Å²) in [4.78, 5) is 15.8. The third kappa shape index (κ3) is 5.37. The molecule has 1 N–H and O–H groups in total. The maximum Gasteiger partial charge on any atom is 0.232 e. The summed E-state index contributed by atoms with van der Waals surface area (Å²) in [6, 6.07) is 20.2. The van der Waals surface area contributed by atoms with Crippen molar-refractivity contribution in [1.82, 2.24) is 10.2 Å². The van der Waals surface area contributed by atoms with E-state index in [0.29, 0.717) is 16.7 Å². The lowest BCUT2D eigenvalue weighted by molar-refractivity contribution is -0.121. The number of amides is 1. The van der Waals surface area contributed by atoms with Gasteiger partial charge in [0, 0.05) is 6.54 Å². The first-order chi connectivity index (χ1) is 17.6. The van der Waals surface area contributed by atoms with Gasteiger partial charge in [-0.3, -0.25) is 4.79 Å². The first-order valence-corrected chi connectivity index (χ1v) is 14.0. The van der Waals surface area contributed by atoms with Crippen molar-refractivity contribution in [3.63, 3.8) is 0 Å². The van der Waals surface area contributed by atoms with E-state index in [1.807, 2.05) is 36.4 Å². The average Bonchev–Trinajstić information content (AvgIpc) is 3.03. The zero-order valence-electron chi connectivity index (χ0n) is 21.9. The van der Waals surface area contributed by atoms with Crippen LogP contribution in [0.3, 0.4) is 0 Å². The third-order valence-electron chi connectivity index (χ3n) is 9.21. The van der Waals surface area contributed by atoms with Gasteiger partial charge >= 0.3 is 0 Å². The molecule has 2 aromatic carbocycles. The minimum atomic E-state index is -0.254. The smallest absolute Gasteiger partial charge is 0.232 e. The number of carbonyl (C=O) groups is 1. The number of nitrogens with zero attached hydrogens (tertiary/aromatic N) is 1. The molecular weight excluding hydrogens is 440 g/mol. The van der Waals surface area contributed by atoms with E-state index in [4.69, 9.17) is 0 Å². The molecule has 2 atom stereocenters. The molecule has 0 bridgehead atoms. The number of fused-ring (bicyclic) bond motifs is 2. The standard InChI is InChI=1S/C33H42N2O/c1-32-18-10-4-9-17-29(32)33(20-19-32)21-25-35(26-22-33)24-12-11-23-34-31(36)30(27-13-5-2-6-14-27)28-15-7-3-8-16-28/h2-3,5-10,13-18,29-30H,4,11-12,19-26H2,1H3,(H,34,36). The Kier molecular flexibility index (Phi) is 7.76. The summed E-state index contributed by atoms with van der Waals surface area (Å²) in [6.07, 6.45) is 18.5. The van der Waals surface area contributed by atoms with E-state index in [0.717, 1.165) is 43.5 Å². The molecule has 0 aromatic heterocycles. The van der Waals surface area contributed by atoms with Crippen LogP contribution in [0.5, 0.6) is 0 Å². The van der Waals surface area contributed by atoms with Gasteiger partial charge in [-0.05, 0) is 92.5 Å². The number of hydrogen-bond acceptors (Lipinski definition) is 2. The molecule has 1 amide bonds. The van der Waals surface area contributed by atoms with Crippen LogP contribution in [-0.2, 0) is 4.79 Å². The van der Waals surface area contributed by atoms with Crippen LogP contribution in [0.2, 0.25) is 0 Å². The van der Waals surface area contributed by atoms with Crippen LogP contribution in [0.4, 0.5) is 0 Å². The summed E-state index contributed by atoms with van der Waals surface area (Å²) < 4.78 is 0. The number of carbonyl (C=O) groups excluding carboxylic acids is 1. The molecule has 1 spiro atoms. The minimum Gasteiger partial charge on any atom is -0.355 e. The molecule has 3 heteroatoms. The third-order valence-corrected chi connectivity index (χ3v) is 9.21. The Balaban J connectivity index is 1.07. The molecule has 1 heterocycles. The van der Waals surface area contributed by atoms with Crippen LogP contribution in [0.15, 0.2) is 85.0 Å². The summed E-state index contributed by atoms with van der Waals surface area (Å²) in [7, 11) is 0. The summed E-state index contributed by atoms with van der Waals surface area (Å²) in [5.74, 6) is 0.557. The van der Waals surface area contributed by atoms with Gasteiger partial charge in [-0.15, -0.1) is 0 Å². The molecule has 2 unspecified atom stereocenters. The van der Waals surface area contributed by atoms with Crippen LogP contribution < -0.4 is 5.32 Å². The number of nitrogens with one attached hydrogen (secondary N) is 1. The lowest BCUT2D eigenvalue weighted by Crippen LogP contribution is -2.43. The average molecular weight is 483 g/mol. The number of allylic oxidation sites excluding steroid dienone is 4. The highest BCUT2D eigenvalue weighted by Crippen LogP contribution is 2.60. The largest absolute Gasteiger partial charge is 0.355 e. The summed E-state index contributed by atoms with van der Waals surface area (Å²) >= 11 is 0. The van der Waals surface area contributed by atoms with E-state index in [2.05, 4.69) is 65.7 Å². The van der Waals surface area contributed by atoms with Gasteiger partial charge in [-0.2, -0.15) is 0 Å². The van der Waals surface area contributed by atoms with Gasteiger partial charge in [0.05, 0.1) is 5.92 Å². The fraction of sp³-hybridized carbons (Fsp3) is 0.485. The van der Waals surface area contributed by atoms with Gasteiger partial charge in [-0.1, -0.05) is 91.9 Å². The maximum absolute atomic E-state index is 13.2. The van der Waals surface area contributed by atoms with E-state index >= 15 is 0 Å². The topological polar surface area (TPSA) is 32.3 Å². The van der Waals surface area contributed by atoms with Crippen LogP contribution >= 0.6 is 0 Å². The van der Waals surface area contributed by atoms with Crippen molar-refractivity contribution < 1.29 is 4.79 Å². The molecule has 3 aliphatic rings. The highest BCUT2D eigenvalue weighted by molar-refractivity contribution is 5.87. The molecule has 5 rings (SSSR count).